The van der Waals surface area contributed by atoms with Gasteiger partial charge in [-0.1, -0.05) is 30.1 Å². The van der Waals surface area contributed by atoms with Crippen LogP contribution in [-0.2, 0) is 16.9 Å². The van der Waals surface area contributed by atoms with Crippen molar-refractivity contribution in [1.29, 1.82) is 0 Å². The van der Waals surface area contributed by atoms with E-state index in [1.807, 2.05) is 6.07 Å². The Bertz CT molecular complexity index is 1020. The summed E-state index contributed by atoms with van der Waals surface area (Å²) < 4.78 is 6.65. The predicted molar refractivity (Wildman–Crippen MR) is 93.3 cm³/mol. The van der Waals surface area contributed by atoms with Crippen molar-refractivity contribution in [2.45, 2.75) is 44.7 Å². The fraction of sp³-hybridized carbons (Fsp3) is 0.389. The number of nitrogens with zero attached hydrogens (tertiary/aromatic N) is 4. The molecule has 8 nitrogen and oxygen atoms in total. The molecule has 1 fully saturated rings. The normalized spacial score (nSPS) is 16.0. The van der Waals surface area contributed by atoms with E-state index in [-0.39, 0.29) is 17.9 Å². The fourth-order valence-corrected chi connectivity index (χ4v) is 3.61. The third kappa shape index (κ3) is 2.87. The van der Waals surface area contributed by atoms with E-state index in [1.165, 1.54) is 10.9 Å². The summed E-state index contributed by atoms with van der Waals surface area (Å²) in [5.41, 5.74) is -0.123. The number of rotatable bonds is 4. The molecular weight excluding hydrogens is 334 g/mol. The first kappa shape index (κ1) is 16.4. The van der Waals surface area contributed by atoms with Crippen LogP contribution in [0.1, 0.15) is 37.4 Å². The lowest BCUT2D eigenvalue weighted by molar-refractivity contribution is -0.124. The van der Waals surface area contributed by atoms with Crippen LogP contribution in [0.15, 0.2) is 39.8 Å². The molecule has 0 saturated heterocycles. The Morgan fingerprint density at radius 1 is 1.31 bits per heavy atom. The number of hydrogen-bond donors (Lipinski definition) is 1. The smallest absolute Gasteiger partial charge is 0.242 e. The minimum atomic E-state index is -0.594. The van der Waals surface area contributed by atoms with Gasteiger partial charge in [0.05, 0.1) is 11.7 Å². The van der Waals surface area contributed by atoms with Crippen LogP contribution in [0.4, 0.5) is 0 Å². The fourth-order valence-electron chi connectivity index (χ4n) is 3.61. The van der Waals surface area contributed by atoms with Gasteiger partial charge in [0.15, 0.2) is 5.82 Å². The molecule has 1 saturated carbocycles. The highest BCUT2D eigenvalue weighted by Crippen LogP contribution is 2.37. The minimum Gasteiger partial charge on any atom is -0.342 e. The highest BCUT2D eigenvalue weighted by molar-refractivity contribution is 5.81. The van der Waals surface area contributed by atoms with E-state index in [9.17, 15) is 9.59 Å². The second-order valence-electron chi connectivity index (χ2n) is 6.66. The van der Waals surface area contributed by atoms with E-state index in [1.54, 1.807) is 25.1 Å². The second kappa shape index (κ2) is 6.36. The molecule has 26 heavy (non-hydrogen) atoms. The molecule has 1 amide bonds. The van der Waals surface area contributed by atoms with E-state index >= 15 is 0 Å². The molecule has 0 aliphatic heterocycles. The molecule has 0 unspecified atom stereocenters. The number of aryl methyl sites for hydroxylation is 1. The third-order valence-electron chi connectivity index (χ3n) is 4.85. The van der Waals surface area contributed by atoms with Gasteiger partial charge in [0.1, 0.15) is 12.1 Å². The van der Waals surface area contributed by atoms with Crippen LogP contribution in [0, 0.1) is 6.92 Å². The highest BCUT2D eigenvalue weighted by atomic mass is 16.5. The Kier molecular flexibility index (Phi) is 4.02. The van der Waals surface area contributed by atoms with E-state index in [2.05, 4.69) is 20.6 Å². The maximum atomic E-state index is 12.7. The van der Waals surface area contributed by atoms with Gasteiger partial charge in [-0.05, 0) is 25.0 Å². The molecule has 134 valence electrons. The first-order valence-corrected chi connectivity index (χ1v) is 8.64. The molecule has 0 bridgehead atoms. The number of carbonyl (C=O) groups excluding carboxylic acids is 1. The molecule has 1 aromatic carbocycles. The molecule has 3 aromatic rings. The van der Waals surface area contributed by atoms with Gasteiger partial charge in [-0.2, -0.15) is 10.1 Å². The summed E-state index contributed by atoms with van der Waals surface area (Å²) in [6.45, 7) is 1.75. The summed E-state index contributed by atoms with van der Waals surface area (Å²) in [5.74, 6) is 0.808. The lowest BCUT2D eigenvalue weighted by Gasteiger charge is -2.27. The molecule has 8 heteroatoms. The number of carbonyl (C=O) groups is 1. The molecule has 1 aliphatic carbocycles. The van der Waals surface area contributed by atoms with Gasteiger partial charge >= 0.3 is 0 Å². The van der Waals surface area contributed by atoms with Crippen molar-refractivity contribution >= 4 is 16.8 Å². The summed E-state index contributed by atoms with van der Waals surface area (Å²) in [5, 5.41) is 11.8. The van der Waals surface area contributed by atoms with E-state index in [0.717, 1.165) is 25.7 Å². The number of benzene rings is 1. The van der Waals surface area contributed by atoms with Crippen molar-refractivity contribution in [2.75, 3.05) is 0 Å². The SMILES string of the molecule is Cc1nc(C2(NC(=O)Cn3ncc(=O)c4ccccc43)CCCC2)no1. The molecule has 4 rings (SSSR count). The first-order valence-electron chi connectivity index (χ1n) is 8.64. The van der Waals surface area contributed by atoms with Gasteiger partial charge in [0.25, 0.3) is 0 Å². The number of nitrogens with one attached hydrogen (secondary N) is 1. The Morgan fingerprint density at radius 2 is 2.08 bits per heavy atom. The van der Waals surface area contributed by atoms with Crippen LogP contribution in [0.25, 0.3) is 10.9 Å². The number of amides is 1. The van der Waals surface area contributed by atoms with E-state index < -0.39 is 5.54 Å². The van der Waals surface area contributed by atoms with Gasteiger partial charge in [-0.3, -0.25) is 14.3 Å². The van der Waals surface area contributed by atoms with Crippen molar-refractivity contribution in [3.8, 4) is 0 Å². The topological polar surface area (TPSA) is 103 Å². The monoisotopic (exact) mass is 353 g/mol. The third-order valence-corrected chi connectivity index (χ3v) is 4.85. The summed E-state index contributed by atoms with van der Waals surface area (Å²) in [4.78, 5) is 29.0. The van der Waals surface area contributed by atoms with Gasteiger partial charge in [0, 0.05) is 12.3 Å². The zero-order valence-electron chi connectivity index (χ0n) is 14.4. The lowest BCUT2D eigenvalue weighted by Crippen LogP contribution is -2.46. The maximum Gasteiger partial charge on any atom is 0.242 e. The van der Waals surface area contributed by atoms with Crippen molar-refractivity contribution in [2.24, 2.45) is 0 Å². The number of hydrogen-bond acceptors (Lipinski definition) is 6. The van der Waals surface area contributed by atoms with Gasteiger partial charge in [-0.25, -0.2) is 0 Å². The molecule has 1 N–H and O–H groups in total. The zero-order valence-corrected chi connectivity index (χ0v) is 14.4. The number of fused-ring (bicyclic) bond motifs is 1. The van der Waals surface area contributed by atoms with Gasteiger partial charge in [-0.15, -0.1) is 0 Å². The Morgan fingerprint density at radius 3 is 2.81 bits per heavy atom. The van der Waals surface area contributed by atoms with Crippen LogP contribution in [0.2, 0.25) is 0 Å². The zero-order chi connectivity index (χ0) is 18.1. The lowest BCUT2D eigenvalue weighted by atomic mass is 9.96. The second-order valence-corrected chi connectivity index (χ2v) is 6.66. The van der Waals surface area contributed by atoms with Crippen LogP contribution in [0.5, 0.6) is 0 Å². The maximum absolute atomic E-state index is 12.7. The first-order chi connectivity index (χ1) is 12.6. The quantitative estimate of drug-likeness (QED) is 0.765. The Labute approximate surface area is 149 Å². The molecular formula is C18H19N5O3. The van der Waals surface area contributed by atoms with E-state index in [0.29, 0.717) is 22.6 Å². The van der Waals surface area contributed by atoms with Crippen LogP contribution < -0.4 is 10.7 Å². The summed E-state index contributed by atoms with van der Waals surface area (Å²) in [6.07, 6.45) is 4.77. The summed E-state index contributed by atoms with van der Waals surface area (Å²) >= 11 is 0. The molecule has 0 atom stereocenters. The standard InChI is InChI=1S/C18H19N5O3/c1-12-20-17(22-26-12)18(8-4-5-9-18)21-16(25)11-23-14-7-3-2-6-13(14)15(24)10-19-23/h2-3,6-7,10H,4-5,8-9,11H2,1H3,(H,21,25). The van der Waals surface area contributed by atoms with E-state index in [4.69, 9.17) is 4.52 Å². The highest BCUT2D eigenvalue weighted by Gasteiger charge is 2.41. The van der Waals surface area contributed by atoms with Crippen LogP contribution in [-0.4, -0.2) is 25.8 Å². The van der Waals surface area contributed by atoms with Crippen LogP contribution >= 0.6 is 0 Å². The number of para-hydroxylation sites is 1. The van der Waals surface area contributed by atoms with Crippen molar-refractivity contribution in [3.05, 3.63) is 52.4 Å². The Hall–Kier alpha value is -3.03. The minimum absolute atomic E-state index is 0.0133. The average molecular weight is 353 g/mol. The van der Waals surface area contributed by atoms with Crippen molar-refractivity contribution < 1.29 is 9.32 Å². The predicted octanol–water partition coefficient (Wildman–Crippen LogP) is 1.67. The molecule has 2 aromatic heterocycles. The van der Waals surface area contributed by atoms with Crippen molar-refractivity contribution in [1.82, 2.24) is 25.2 Å². The van der Waals surface area contributed by atoms with Gasteiger partial charge < -0.3 is 9.84 Å². The summed E-state index contributed by atoms with van der Waals surface area (Å²) in [7, 11) is 0. The average Bonchev–Trinajstić information content (AvgIpc) is 3.28. The molecule has 2 heterocycles. The number of aromatic nitrogens is 4. The Balaban J connectivity index is 1.61. The molecule has 1 aliphatic rings. The molecule has 0 spiro atoms. The van der Waals surface area contributed by atoms with Crippen LogP contribution in [0.3, 0.4) is 0 Å². The summed E-state index contributed by atoms with van der Waals surface area (Å²) in [6, 6.07) is 7.12. The molecule has 0 radical (unpaired) electrons. The van der Waals surface area contributed by atoms with Gasteiger partial charge in [0.2, 0.25) is 17.2 Å². The van der Waals surface area contributed by atoms with Crippen molar-refractivity contribution in [3.63, 3.8) is 0 Å². The largest absolute Gasteiger partial charge is 0.342 e.